The molecule has 0 spiro atoms. The van der Waals surface area contributed by atoms with E-state index in [1.54, 1.807) is 29.2 Å². The van der Waals surface area contributed by atoms with Crippen molar-refractivity contribution in [3.05, 3.63) is 97.4 Å². The fraction of sp³-hybridized carbons (Fsp3) is 0.0909. The number of rotatable bonds is 2. The van der Waals surface area contributed by atoms with Crippen LogP contribution in [0.4, 0.5) is 5.69 Å². The molecule has 0 saturated carbocycles. The number of anilines is 1. The first-order valence-electron chi connectivity index (χ1n) is 8.85. The molecule has 146 valence electrons. The summed E-state index contributed by atoms with van der Waals surface area (Å²) in [6.07, 6.45) is 0. The molecule has 0 fully saturated rings. The molecule has 4 rings (SSSR count). The van der Waals surface area contributed by atoms with Crippen molar-refractivity contribution < 1.29 is 9.59 Å². The van der Waals surface area contributed by atoms with Crippen LogP contribution in [0, 0.1) is 0 Å². The Morgan fingerprint density at radius 3 is 2.48 bits per heavy atom. The second kappa shape index (κ2) is 8.30. The van der Waals surface area contributed by atoms with Crippen molar-refractivity contribution in [1.29, 1.82) is 0 Å². The zero-order valence-electron chi connectivity index (χ0n) is 15.0. The van der Waals surface area contributed by atoms with Crippen LogP contribution in [0.15, 0.2) is 75.7 Å². The minimum Gasteiger partial charge on any atom is -0.324 e. The molecule has 7 heteroatoms. The molecule has 1 aliphatic rings. The quantitative estimate of drug-likeness (QED) is 0.435. The van der Waals surface area contributed by atoms with Crippen LogP contribution in [0.25, 0.3) is 0 Å². The molecule has 0 aromatic heterocycles. The third-order valence-electron chi connectivity index (χ3n) is 4.77. The van der Waals surface area contributed by atoms with Gasteiger partial charge < -0.3 is 10.2 Å². The number of hydrogen-bond acceptors (Lipinski definition) is 2. The summed E-state index contributed by atoms with van der Waals surface area (Å²) < 4.78 is 1.51. The first kappa shape index (κ1) is 20.1. The maximum absolute atomic E-state index is 13.6. The van der Waals surface area contributed by atoms with Crippen molar-refractivity contribution in [2.45, 2.75) is 6.04 Å². The molecule has 0 aliphatic carbocycles. The zero-order valence-corrected chi connectivity index (χ0v) is 19.0. The van der Waals surface area contributed by atoms with Crippen molar-refractivity contribution >= 4 is 61.0 Å². The van der Waals surface area contributed by atoms with Crippen LogP contribution < -0.4 is 5.32 Å². The average molecular weight is 535 g/mol. The van der Waals surface area contributed by atoms with Gasteiger partial charge in [0, 0.05) is 25.2 Å². The van der Waals surface area contributed by atoms with Crippen molar-refractivity contribution in [2.24, 2.45) is 0 Å². The number of nitrogens with zero attached hydrogens (tertiary/aromatic N) is 1. The van der Waals surface area contributed by atoms with Crippen LogP contribution in [0.2, 0.25) is 5.02 Å². The van der Waals surface area contributed by atoms with E-state index in [1.165, 1.54) is 0 Å². The van der Waals surface area contributed by atoms with Gasteiger partial charge >= 0.3 is 0 Å². The smallest absolute Gasteiger partial charge is 0.256 e. The number of carbonyl (C=O) groups excluding carboxylic acids is 2. The van der Waals surface area contributed by atoms with Gasteiger partial charge in [-0.1, -0.05) is 57.9 Å². The summed E-state index contributed by atoms with van der Waals surface area (Å²) in [7, 11) is 0. The number of nitrogens with one attached hydrogen (secondary N) is 1. The van der Waals surface area contributed by atoms with Crippen molar-refractivity contribution in [3.8, 4) is 0 Å². The average Bonchev–Trinajstić information content (AvgIpc) is 2.84. The highest BCUT2D eigenvalue weighted by Crippen LogP contribution is 2.40. The molecule has 1 aliphatic heterocycles. The van der Waals surface area contributed by atoms with Gasteiger partial charge in [-0.2, -0.15) is 0 Å². The molecular weight excluding hydrogens is 520 g/mol. The van der Waals surface area contributed by atoms with Gasteiger partial charge in [0.1, 0.15) is 6.54 Å². The maximum Gasteiger partial charge on any atom is 0.256 e. The SMILES string of the molecule is O=C1CN(C(=O)c2ccccc2Br)[C@@H](c2ccccc2Cl)c2cc(Br)ccc2N1. The van der Waals surface area contributed by atoms with E-state index < -0.39 is 6.04 Å². The Morgan fingerprint density at radius 1 is 1.00 bits per heavy atom. The normalized spacial score (nSPS) is 16.0. The maximum atomic E-state index is 13.6. The van der Waals surface area contributed by atoms with Crippen LogP contribution >= 0.6 is 43.5 Å². The molecule has 1 N–H and O–H groups in total. The van der Waals surface area contributed by atoms with E-state index in [0.29, 0.717) is 20.7 Å². The number of hydrogen-bond donors (Lipinski definition) is 1. The Balaban J connectivity index is 1.94. The monoisotopic (exact) mass is 532 g/mol. The molecule has 0 bridgehead atoms. The Hall–Kier alpha value is -2.15. The summed E-state index contributed by atoms with van der Waals surface area (Å²) in [4.78, 5) is 27.8. The molecule has 0 saturated heterocycles. The third kappa shape index (κ3) is 3.97. The van der Waals surface area contributed by atoms with Gasteiger partial charge in [0.15, 0.2) is 0 Å². The minimum atomic E-state index is -0.533. The van der Waals surface area contributed by atoms with E-state index >= 15 is 0 Å². The Bertz CT molecular complexity index is 1120. The Kier molecular flexibility index (Phi) is 5.76. The summed E-state index contributed by atoms with van der Waals surface area (Å²) >= 11 is 13.5. The van der Waals surface area contributed by atoms with Crippen molar-refractivity contribution in [2.75, 3.05) is 11.9 Å². The molecular formula is C22H15Br2ClN2O2. The van der Waals surface area contributed by atoms with Gasteiger partial charge in [0.2, 0.25) is 5.91 Å². The summed E-state index contributed by atoms with van der Waals surface area (Å²) in [6, 6.07) is 19.6. The predicted molar refractivity (Wildman–Crippen MR) is 121 cm³/mol. The van der Waals surface area contributed by atoms with Crippen LogP contribution in [-0.4, -0.2) is 23.3 Å². The Labute approximate surface area is 190 Å². The standard InChI is InChI=1S/C22H15Br2ClN2O2/c23-13-9-10-19-16(11-13)21(15-6-2-4-8-18(15)25)27(12-20(28)26-19)22(29)14-5-1-3-7-17(14)24/h1-11,21H,12H2,(H,26,28)/t21-/m0/s1. The van der Waals surface area contributed by atoms with Gasteiger partial charge in [0.05, 0.1) is 11.6 Å². The number of fused-ring (bicyclic) bond motifs is 1. The first-order valence-corrected chi connectivity index (χ1v) is 10.8. The fourth-order valence-electron chi connectivity index (χ4n) is 3.49. The number of amides is 2. The highest BCUT2D eigenvalue weighted by molar-refractivity contribution is 9.10. The van der Waals surface area contributed by atoms with Crippen molar-refractivity contribution in [3.63, 3.8) is 0 Å². The van der Waals surface area contributed by atoms with Crippen LogP contribution in [-0.2, 0) is 4.79 Å². The lowest BCUT2D eigenvalue weighted by Gasteiger charge is -2.31. The molecule has 0 unspecified atom stereocenters. The highest BCUT2D eigenvalue weighted by Gasteiger charge is 2.35. The van der Waals surface area contributed by atoms with Crippen LogP contribution in [0.3, 0.4) is 0 Å². The van der Waals surface area contributed by atoms with Gasteiger partial charge in [-0.05, 0) is 57.9 Å². The zero-order chi connectivity index (χ0) is 20.5. The van der Waals surface area contributed by atoms with E-state index in [0.717, 1.165) is 15.6 Å². The van der Waals surface area contributed by atoms with Gasteiger partial charge in [0.25, 0.3) is 5.91 Å². The van der Waals surface area contributed by atoms with E-state index in [4.69, 9.17) is 11.6 Å². The lowest BCUT2D eigenvalue weighted by molar-refractivity contribution is -0.117. The largest absolute Gasteiger partial charge is 0.324 e. The van der Waals surface area contributed by atoms with E-state index in [1.807, 2.05) is 42.5 Å². The van der Waals surface area contributed by atoms with Gasteiger partial charge in [-0.25, -0.2) is 0 Å². The topological polar surface area (TPSA) is 49.4 Å². The molecule has 3 aromatic carbocycles. The fourth-order valence-corrected chi connectivity index (χ4v) is 4.56. The molecule has 3 aromatic rings. The summed E-state index contributed by atoms with van der Waals surface area (Å²) in [6.45, 7) is -0.0949. The number of halogens is 3. The molecule has 4 nitrogen and oxygen atoms in total. The molecule has 0 radical (unpaired) electrons. The molecule has 2 amide bonds. The van der Waals surface area contributed by atoms with E-state index in [9.17, 15) is 9.59 Å². The molecule has 1 atom stereocenters. The van der Waals surface area contributed by atoms with Gasteiger partial charge in [-0.15, -0.1) is 0 Å². The van der Waals surface area contributed by atoms with E-state index in [2.05, 4.69) is 37.2 Å². The molecule has 29 heavy (non-hydrogen) atoms. The molecule has 1 heterocycles. The first-order chi connectivity index (χ1) is 14.0. The van der Waals surface area contributed by atoms with Crippen molar-refractivity contribution in [1.82, 2.24) is 4.90 Å². The summed E-state index contributed by atoms with van der Waals surface area (Å²) in [5, 5.41) is 3.44. The number of benzene rings is 3. The van der Waals surface area contributed by atoms with Crippen LogP contribution in [0.5, 0.6) is 0 Å². The Morgan fingerprint density at radius 2 is 1.72 bits per heavy atom. The number of carbonyl (C=O) groups is 2. The highest BCUT2D eigenvalue weighted by atomic mass is 79.9. The lowest BCUT2D eigenvalue weighted by atomic mass is 9.95. The van der Waals surface area contributed by atoms with Crippen LogP contribution in [0.1, 0.15) is 27.5 Å². The minimum absolute atomic E-state index is 0.0949. The second-order valence-corrected chi connectivity index (χ2v) is 8.79. The summed E-state index contributed by atoms with van der Waals surface area (Å²) in [5.74, 6) is -0.520. The van der Waals surface area contributed by atoms with E-state index in [-0.39, 0.29) is 18.4 Å². The lowest BCUT2D eigenvalue weighted by Crippen LogP contribution is -2.39. The second-order valence-electron chi connectivity index (χ2n) is 6.62. The summed E-state index contributed by atoms with van der Waals surface area (Å²) in [5.41, 5.74) is 2.69. The predicted octanol–water partition coefficient (Wildman–Crippen LogP) is 6.05. The van der Waals surface area contributed by atoms with Gasteiger partial charge in [-0.3, -0.25) is 9.59 Å². The third-order valence-corrected chi connectivity index (χ3v) is 6.30.